The molecule has 12 heteroatoms. The molecule has 196 valence electrons. The van der Waals surface area contributed by atoms with Crippen molar-refractivity contribution in [3.63, 3.8) is 0 Å². The van der Waals surface area contributed by atoms with Crippen LogP contribution in [0.2, 0.25) is 10.0 Å². The van der Waals surface area contributed by atoms with Crippen LogP contribution in [0, 0.1) is 0 Å². The summed E-state index contributed by atoms with van der Waals surface area (Å²) in [6.45, 7) is 1.67. The number of nitrogens with one attached hydrogen (secondary N) is 1. The predicted molar refractivity (Wildman–Crippen MR) is 146 cm³/mol. The molecule has 0 saturated heterocycles. The van der Waals surface area contributed by atoms with E-state index in [9.17, 15) is 22.9 Å². The van der Waals surface area contributed by atoms with E-state index in [1.54, 1.807) is 43.3 Å². The number of methoxy groups -OCH3 is 1. The van der Waals surface area contributed by atoms with Crippen LogP contribution in [-0.2, 0) is 16.5 Å². The number of rotatable bonds is 7. The van der Waals surface area contributed by atoms with Crippen LogP contribution >= 0.6 is 23.2 Å². The van der Waals surface area contributed by atoms with E-state index in [0.717, 1.165) is 0 Å². The van der Waals surface area contributed by atoms with Gasteiger partial charge in [0.15, 0.2) is 5.75 Å². The van der Waals surface area contributed by atoms with Gasteiger partial charge in [0.05, 0.1) is 23.4 Å². The monoisotopic (exact) mass is 573 g/mol. The Hall–Kier alpha value is -3.70. The molecule has 0 aromatic heterocycles. The van der Waals surface area contributed by atoms with E-state index in [0.29, 0.717) is 27.2 Å². The molecule has 4 aromatic rings. The molecule has 0 radical (unpaired) electrons. The number of amides is 1. The quantitative estimate of drug-likeness (QED) is 0.156. The fourth-order valence-electron chi connectivity index (χ4n) is 3.95. The minimum Gasteiger partial charge on any atom is -0.505 e. The lowest BCUT2D eigenvalue weighted by Crippen LogP contribution is -2.12. The maximum atomic E-state index is 13.2. The molecule has 0 fully saturated rings. The van der Waals surface area contributed by atoms with Crippen LogP contribution in [0.15, 0.2) is 75.8 Å². The Labute approximate surface area is 228 Å². The van der Waals surface area contributed by atoms with Gasteiger partial charge in [-0.15, -0.1) is 5.11 Å². The molecule has 0 aliphatic rings. The Morgan fingerprint density at radius 1 is 1.05 bits per heavy atom. The Balaban J connectivity index is 1.83. The summed E-state index contributed by atoms with van der Waals surface area (Å²) in [5.74, 6) is -0.645. The lowest BCUT2D eigenvalue weighted by molar-refractivity contribution is 0.102. The number of anilines is 1. The topological polar surface area (TPSA) is 138 Å². The Morgan fingerprint density at radius 2 is 1.79 bits per heavy atom. The average molecular weight is 574 g/mol. The molecule has 4 aromatic carbocycles. The standard InChI is InChI=1S/C26H21Cl2N3O6S/c1-3-18-22(9-8-21(28)25(18)38(34,35)36)30-31-23-19-7-5-4-6-14(19)10-20(24(23)32)26(33)29-16-11-15(27)12-17(13-16)37-2/h4-13,32H,3H2,1-2H3,(H,29,33)(H,34,35,36). The lowest BCUT2D eigenvalue weighted by atomic mass is 10.0. The van der Waals surface area contributed by atoms with Gasteiger partial charge in [0, 0.05) is 27.7 Å². The first-order valence-corrected chi connectivity index (χ1v) is 13.3. The summed E-state index contributed by atoms with van der Waals surface area (Å²) in [6, 6.07) is 15.8. The zero-order valence-corrected chi connectivity index (χ0v) is 22.4. The summed E-state index contributed by atoms with van der Waals surface area (Å²) in [6.07, 6.45) is 0.169. The highest BCUT2D eigenvalue weighted by molar-refractivity contribution is 7.86. The minimum absolute atomic E-state index is 0.0117. The molecule has 0 spiro atoms. The molecule has 0 saturated carbocycles. The zero-order valence-electron chi connectivity index (χ0n) is 20.1. The molecular weight excluding hydrogens is 553 g/mol. The van der Waals surface area contributed by atoms with Crippen LogP contribution < -0.4 is 10.1 Å². The van der Waals surface area contributed by atoms with E-state index in [4.69, 9.17) is 27.9 Å². The molecule has 3 N–H and O–H groups in total. The van der Waals surface area contributed by atoms with Gasteiger partial charge in [-0.1, -0.05) is 54.4 Å². The van der Waals surface area contributed by atoms with Crippen molar-refractivity contribution in [2.24, 2.45) is 10.2 Å². The van der Waals surface area contributed by atoms with Crippen LogP contribution in [0.3, 0.4) is 0 Å². The normalized spacial score (nSPS) is 11.7. The molecule has 0 aliphatic heterocycles. The van der Waals surface area contributed by atoms with Crippen LogP contribution in [0.5, 0.6) is 11.5 Å². The highest BCUT2D eigenvalue weighted by Crippen LogP contribution is 2.41. The second kappa shape index (κ2) is 11.0. The van der Waals surface area contributed by atoms with Crippen molar-refractivity contribution < 1.29 is 27.6 Å². The third kappa shape index (κ3) is 5.58. The van der Waals surface area contributed by atoms with Gasteiger partial charge in [-0.25, -0.2) is 0 Å². The second-order valence-electron chi connectivity index (χ2n) is 8.08. The molecule has 38 heavy (non-hydrogen) atoms. The van der Waals surface area contributed by atoms with E-state index in [1.165, 1.54) is 31.4 Å². The van der Waals surface area contributed by atoms with E-state index in [1.807, 2.05) is 0 Å². The fourth-order valence-corrected chi connectivity index (χ4v) is 5.52. The van der Waals surface area contributed by atoms with Crippen LogP contribution in [0.1, 0.15) is 22.8 Å². The number of carbonyl (C=O) groups is 1. The molecule has 0 atom stereocenters. The maximum Gasteiger partial charge on any atom is 0.296 e. The molecule has 1 amide bonds. The Kier molecular flexibility index (Phi) is 7.89. The zero-order chi connectivity index (χ0) is 27.6. The van der Waals surface area contributed by atoms with Gasteiger partial charge >= 0.3 is 0 Å². The van der Waals surface area contributed by atoms with Crippen molar-refractivity contribution in [1.29, 1.82) is 0 Å². The number of carbonyl (C=O) groups excluding carboxylic acids is 1. The predicted octanol–water partition coefficient (Wildman–Crippen LogP) is 7.34. The first-order valence-electron chi connectivity index (χ1n) is 11.1. The number of benzene rings is 4. The summed E-state index contributed by atoms with van der Waals surface area (Å²) in [4.78, 5) is 12.7. The number of phenolic OH excluding ortho intramolecular Hbond substituents is 1. The third-order valence-electron chi connectivity index (χ3n) is 5.66. The number of ether oxygens (including phenoxy) is 1. The van der Waals surface area contributed by atoms with Crippen molar-refractivity contribution >= 4 is 67.1 Å². The SMILES string of the molecule is CCc1c(N=Nc2c(O)c(C(=O)Nc3cc(Cl)cc(OC)c3)cc3ccccc23)ccc(Cl)c1S(=O)(=O)O. The minimum atomic E-state index is -4.63. The average Bonchev–Trinajstić information content (AvgIpc) is 2.86. The number of hydrogen-bond acceptors (Lipinski definition) is 7. The molecule has 0 heterocycles. The lowest BCUT2D eigenvalue weighted by Gasteiger charge is -2.13. The fraction of sp³-hybridized carbons (Fsp3) is 0.115. The first kappa shape index (κ1) is 27.3. The van der Waals surface area contributed by atoms with Crippen molar-refractivity contribution in [1.82, 2.24) is 0 Å². The second-order valence-corrected chi connectivity index (χ2v) is 10.3. The molecule has 0 aliphatic carbocycles. The molecule has 0 bridgehead atoms. The summed E-state index contributed by atoms with van der Waals surface area (Å²) in [7, 11) is -3.17. The van der Waals surface area contributed by atoms with E-state index in [2.05, 4.69) is 15.5 Å². The summed E-state index contributed by atoms with van der Waals surface area (Å²) >= 11 is 12.1. The van der Waals surface area contributed by atoms with Crippen LogP contribution in [0.4, 0.5) is 17.1 Å². The maximum absolute atomic E-state index is 13.2. The summed E-state index contributed by atoms with van der Waals surface area (Å²) in [5.41, 5.74) is 0.524. The van der Waals surface area contributed by atoms with Gasteiger partial charge in [-0.2, -0.15) is 13.5 Å². The van der Waals surface area contributed by atoms with E-state index >= 15 is 0 Å². The molecule has 9 nitrogen and oxygen atoms in total. The number of hydrogen-bond donors (Lipinski definition) is 3. The number of azo groups is 1. The van der Waals surface area contributed by atoms with Crippen molar-refractivity contribution in [2.75, 3.05) is 12.4 Å². The summed E-state index contributed by atoms with van der Waals surface area (Å²) in [5, 5.41) is 23.4. The van der Waals surface area contributed by atoms with Crippen molar-refractivity contribution in [3.8, 4) is 11.5 Å². The smallest absolute Gasteiger partial charge is 0.296 e. The van der Waals surface area contributed by atoms with Gasteiger partial charge < -0.3 is 15.2 Å². The first-order chi connectivity index (χ1) is 18.0. The highest BCUT2D eigenvalue weighted by Gasteiger charge is 2.23. The van der Waals surface area contributed by atoms with Gasteiger partial charge in [0.2, 0.25) is 0 Å². The van der Waals surface area contributed by atoms with Gasteiger partial charge in [0.1, 0.15) is 16.3 Å². The van der Waals surface area contributed by atoms with E-state index in [-0.39, 0.29) is 33.9 Å². The van der Waals surface area contributed by atoms with Crippen molar-refractivity contribution in [3.05, 3.63) is 81.8 Å². The largest absolute Gasteiger partial charge is 0.505 e. The summed E-state index contributed by atoms with van der Waals surface area (Å²) < 4.78 is 38.7. The van der Waals surface area contributed by atoms with Crippen LogP contribution in [0.25, 0.3) is 10.8 Å². The highest BCUT2D eigenvalue weighted by atomic mass is 35.5. The number of fused-ring (bicyclic) bond motifs is 1. The molecular formula is C26H21Cl2N3O6S. The van der Waals surface area contributed by atoms with Crippen molar-refractivity contribution in [2.45, 2.75) is 18.2 Å². The number of halogens is 2. The van der Waals surface area contributed by atoms with Gasteiger partial charge in [-0.05, 0) is 42.1 Å². The van der Waals surface area contributed by atoms with Crippen LogP contribution in [-0.4, -0.2) is 31.1 Å². The third-order valence-corrected chi connectivity index (χ3v) is 7.29. The van der Waals surface area contributed by atoms with E-state index < -0.39 is 26.7 Å². The Morgan fingerprint density at radius 3 is 2.47 bits per heavy atom. The number of nitrogens with zero attached hydrogens (tertiary/aromatic N) is 2. The van der Waals surface area contributed by atoms with Gasteiger partial charge in [-0.3, -0.25) is 9.35 Å². The number of aromatic hydroxyl groups is 1. The van der Waals surface area contributed by atoms with Gasteiger partial charge in [0.25, 0.3) is 16.0 Å². The number of phenols is 1. The Bertz CT molecular complexity index is 1710. The molecule has 0 unspecified atom stereocenters. The molecule has 4 rings (SSSR count).